The second-order valence-corrected chi connectivity index (χ2v) is 10.7. The average Bonchev–Trinajstić information content (AvgIpc) is 2.36. The topological polar surface area (TPSA) is 9.23 Å². The van der Waals surface area contributed by atoms with Crippen molar-refractivity contribution in [2.45, 2.75) is 51.2 Å². The quantitative estimate of drug-likeness (QED) is 0.505. The van der Waals surface area contributed by atoms with Gasteiger partial charge < -0.3 is 4.43 Å². The minimum atomic E-state index is -4.57. The second kappa shape index (κ2) is 6.89. The van der Waals surface area contributed by atoms with Gasteiger partial charge in [-0.25, -0.2) is 0 Å². The Morgan fingerprint density at radius 1 is 1.18 bits per heavy atom. The highest BCUT2D eigenvalue weighted by molar-refractivity contribution is 6.71. The maximum atomic E-state index is 13.9. The fourth-order valence-electron chi connectivity index (χ4n) is 2.87. The Morgan fingerprint density at radius 3 is 2.14 bits per heavy atom. The zero-order valence-corrected chi connectivity index (χ0v) is 14.5. The summed E-state index contributed by atoms with van der Waals surface area (Å²) in [7, 11) is -2.55. The Bertz CT molecular complexity index is 517. The van der Waals surface area contributed by atoms with Gasteiger partial charge in [0.2, 0.25) is 0 Å². The van der Waals surface area contributed by atoms with Gasteiger partial charge in [0.25, 0.3) is 0 Å². The Morgan fingerprint density at radius 2 is 1.73 bits per heavy atom. The van der Waals surface area contributed by atoms with Crippen LogP contribution in [0.5, 0.6) is 0 Å². The summed E-state index contributed by atoms with van der Waals surface area (Å²) >= 11 is 0. The van der Waals surface area contributed by atoms with Crippen LogP contribution >= 0.6 is 0 Å². The van der Waals surface area contributed by atoms with E-state index >= 15 is 0 Å². The van der Waals surface area contributed by atoms with E-state index in [9.17, 15) is 13.2 Å². The van der Waals surface area contributed by atoms with E-state index in [-0.39, 0.29) is 11.5 Å². The average molecular weight is 328 g/mol. The fraction of sp³-hybridized carbons (Fsp3) is 0.529. The van der Waals surface area contributed by atoms with Crippen LogP contribution in [-0.2, 0) is 10.0 Å². The number of hydrogen-bond acceptors (Lipinski definition) is 1. The van der Waals surface area contributed by atoms with Gasteiger partial charge in [-0.05, 0) is 30.6 Å². The smallest absolute Gasteiger partial charge is 0.399 e. The van der Waals surface area contributed by atoms with Crippen LogP contribution in [0.1, 0.15) is 25.8 Å². The molecule has 1 nitrogen and oxygen atoms in total. The normalized spacial score (nSPS) is 15.4. The molecule has 0 aliphatic heterocycles. The molecule has 122 valence electrons. The minimum Gasteiger partial charge on any atom is -0.399 e. The van der Waals surface area contributed by atoms with Crippen LogP contribution in [0.4, 0.5) is 13.2 Å². The van der Waals surface area contributed by atoms with E-state index in [4.69, 9.17) is 10.8 Å². The highest BCUT2D eigenvalue weighted by atomic mass is 28.4. The molecule has 5 heteroatoms. The Kier molecular flexibility index (Phi) is 5.88. The SMILES string of the molecule is C#CCC(O[Si](C)(C)CC(C)C)(c1ccccc1)C(F)(F)F. The number of hydrogen-bond donors (Lipinski definition) is 0. The summed E-state index contributed by atoms with van der Waals surface area (Å²) < 4.78 is 47.6. The lowest BCUT2D eigenvalue weighted by Gasteiger charge is -2.41. The summed E-state index contributed by atoms with van der Waals surface area (Å²) in [5.74, 6) is 2.44. The highest BCUT2D eigenvalue weighted by Gasteiger charge is 2.58. The van der Waals surface area contributed by atoms with Gasteiger partial charge in [-0.3, -0.25) is 0 Å². The fourth-order valence-corrected chi connectivity index (χ4v) is 6.17. The van der Waals surface area contributed by atoms with Crippen molar-refractivity contribution in [3.05, 3.63) is 35.9 Å². The largest absolute Gasteiger partial charge is 0.421 e. The van der Waals surface area contributed by atoms with Gasteiger partial charge in [-0.1, -0.05) is 44.2 Å². The molecule has 0 heterocycles. The molecule has 0 fully saturated rings. The maximum absolute atomic E-state index is 13.9. The molecule has 1 aromatic carbocycles. The van der Waals surface area contributed by atoms with Crippen molar-refractivity contribution >= 4 is 8.32 Å². The number of benzene rings is 1. The van der Waals surface area contributed by atoms with Crippen LogP contribution in [0.25, 0.3) is 0 Å². The molecule has 0 saturated carbocycles. The predicted octanol–water partition coefficient (Wildman–Crippen LogP) is 5.35. The van der Waals surface area contributed by atoms with Crippen LogP contribution < -0.4 is 0 Å². The molecule has 0 aliphatic rings. The van der Waals surface area contributed by atoms with Gasteiger partial charge >= 0.3 is 6.18 Å². The predicted molar refractivity (Wildman–Crippen MR) is 85.8 cm³/mol. The second-order valence-electron chi connectivity index (χ2n) is 6.53. The van der Waals surface area contributed by atoms with E-state index in [0.717, 1.165) is 0 Å². The Balaban J connectivity index is 3.37. The van der Waals surface area contributed by atoms with Crippen molar-refractivity contribution in [2.24, 2.45) is 5.92 Å². The van der Waals surface area contributed by atoms with Crippen molar-refractivity contribution in [1.29, 1.82) is 0 Å². The zero-order chi connectivity index (χ0) is 17.0. The number of alkyl halides is 3. The summed E-state index contributed by atoms with van der Waals surface area (Å²) in [5, 5.41) is 0. The van der Waals surface area contributed by atoms with Crippen LogP contribution in [0.3, 0.4) is 0 Å². The maximum Gasteiger partial charge on any atom is 0.421 e. The van der Waals surface area contributed by atoms with Crippen molar-refractivity contribution in [1.82, 2.24) is 0 Å². The van der Waals surface area contributed by atoms with Crippen LogP contribution in [0, 0.1) is 18.3 Å². The molecular weight excluding hydrogens is 305 g/mol. The summed E-state index contributed by atoms with van der Waals surface area (Å²) in [4.78, 5) is 0. The molecule has 0 spiro atoms. The summed E-state index contributed by atoms with van der Waals surface area (Å²) in [5.41, 5.74) is -2.35. The van der Waals surface area contributed by atoms with Crippen molar-refractivity contribution in [3.63, 3.8) is 0 Å². The summed E-state index contributed by atoms with van der Waals surface area (Å²) in [6.45, 7) is 7.59. The van der Waals surface area contributed by atoms with Gasteiger partial charge in [0.1, 0.15) is 0 Å². The van der Waals surface area contributed by atoms with Crippen LogP contribution in [0.2, 0.25) is 19.1 Å². The van der Waals surface area contributed by atoms with Crippen molar-refractivity contribution in [3.8, 4) is 12.3 Å². The highest BCUT2D eigenvalue weighted by Crippen LogP contribution is 2.47. The number of halogens is 3. The molecule has 0 aliphatic carbocycles. The lowest BCUT2D eigenvalue weighted by molar-refractivity contribution is -0.256. The first-order valence-electron chi connectivity index (χ1n) is 7.30. The Labute approximate surface area is 132 Å². The van der Waals surface area contributed by atoms with Gasteiger partial charge in [-0.15, -0.1) is 12.3 Å². The van der Waals surface area contributed by atoms with Crippen LogP contribution in [-0.4, -0.2) is 14.5 Å². The van der Waals surface area contributed by atoms with E-state index in [1.54, 1.807) is 18.2 Å². The summed E-state index contributed by atoms with van der Waals surface area (Å²) in [6, 6.07) is 8.34. The molecule has 0 aromatic heterocycles. The van der Waals surface area contributed by atoms with Gasteiger partial charge in [0, 0.05) is 0 Å². The molecule has 1 unspecified atom stereocenters. The minimum absolute atomic E-state index is 0.0739. The molecular formula is C17H23F3OSi. The molecule has 1 aromatic rings. The molecule has 1 atom stereocenters. The molecule has 1 rings (SSSR count). The van der Waals surface area contributed by atoms with E-state index in [1.807, 2.05) is 26.9 Å². The van der Waals surface area contributed by atoms with Crippen molar-refractivity contribution in [2.75, 3.05) is 0 Å². The lowest BCUT2D eigenvalue weighted by atomic mass is 9.90. The number of terminal acetylenes is 1. The zero-order valence-electron chi connectivity index (χ0n) is 13.5. The van der Waals surface area contributed by atoms with E-state index < -0.39 is 26.5 Å². The monoisotopic (exact) mass is 328 g/mol. The number of rotatable bonds is 6. The molecule has 0 radical (unpaired) electrons. The van der Waals surface area contributed by atoms with E-state index in [2.05, 4.69) is 5.92 Å². The molecule has 0 amide bonds. The molecule has 22 heavy (non-hydrogen) atoms. The first kappa shape index (κ1) is 18.8. The van der Waals surface area contributed by atoms with Gasteiger partial charge in [0.05, 0.1) is 6.42 Å². The first-order chi connectivity index (χ1) is 10.0. The first-order valence-corrected chi connectivity index (χ1v) is 10.4. The molecule has 0 N–H and O–H groups in total. The van der Waals surface area contributed by atoms with Gasteiger partial charge in [-0.2, -0.15) is 13.2 Å². The molecule has 0 saturated heterocycles. The van der Waals surface area contributed by atoms with Crippen molar-refractivity contribution < 1.29 is 17.6 Å². The standard InChI is InChI=1S/C17H23F3OSi/c1-6-12-16(17(18,19)20,15-10-8-7-9-11-15)21-22(4,5)13-14(2)3/h1,7-11,14H,12-13H2,2-5H3. The lowest BCUT2D eigenvalue weighted by Crippen LogP contribution is -2.52. The molecule has 0 bridgehead atoms. The third-order valence-corrected chi connectivity index (χ3v) is 6.10. The van der Waals surface area contributed by atoms with Crippen LogP contribution in [0.15, 0.2) is 30.3 Å². The third-order valence-electron chi connectivity index (χ3n) is 3.40. The Hall–Kier alpha value is -1.25. The third kappa shape index (κ3) is 4.37. The van der Waals surface area contributed by atoms with E-state index in [0.29, 0.717) is 6.04 Å². The van der Waals surface area contributed by atoms with Gasteiger partial charge in [0.15, 0.2) is 13.9 Å². The summed E-state index contributed by atoms with van der Waals surface area (Å²) in [6.07, 6.45) is 0.168. The van der Waals surface area contributed by atoms with E-state index in [1.165, 1.54) is 12.1 Å².